The first-order valence-corrected chi connectivity index (χ1v) is 10.7. The number of amides is 1. The lowest BCUT2D eigenvalue weighted by molar-refractivity contribution is -0.384. The van der Waals surface area contributed by atoms with Crippen LogP contribution in [0.15, 0.2) is 65.8 Å². The highest BCUT2D eigenvalue weighted by Gasteiger charge is 2.17. The van der Waals surface area contributed by atoms with Crippen molar-refractivity contribution in [2.75, 3.05) is 14.2 Å². The molecule has 0 aromatic heterocycles. The molecule has 0 saturated heterocycles. The largest absolute Gasteiger partial charge is 0.497 e. The van der Waals surface area contributed by atoms with E-state index in [4.69, 9.17) is 14.2 Å². The number of hydrogen-bond acceptors (Lipinski definition) is 8. The van der Waals surface area contributed by atoms with Crippen LogP contribution in [0.5, 0.6) is 17.2 Å². The number of hydrazone groups is 1. The molecule has 0 atom stereocenters. The minimum Gasteiger partial charge on any atom is -0.497 e. The van der Waals surface area contributed by atoms with Crippen LogP contribution in [0.4, 0.5) is 5.69 Å². The van der Waals surface area contributed by atoms with Gasteiger partial charge in [0.2, 0.25) is 0 Å². The number of nitrogens with zero attached hydrogens (tertiary/aromatic N) is 2. The summed E-state index contributed by atoms with van der Waals surface area (Å²) >= 11 is 1.99. The fourth-order valence-corrected chi connectivity index (χ4v) is 3.52. The third-order valence-corrected chi connectivity index (χ3v) is 5.27. The smallest absolute Gasteiger partial charge is 0.343 e. The Morgan fingerprint density at radius 3 is 2.41 bits per heavy atom. The molecule has 0 fully saturated rings. The number of ether oxygens (including phenoxy) is 3. The van der Waals surface area contributed by atoms with Crippen LogP contribution in [-0.4, -0.2) is 37.2 Å². The number of carbonyl (C=O) groups excluding carboxylic acids is 2. The molecular formula is C23H18IN3O7. The van der Waals surface area contributed by atoms with Gasteiger partial charge in [-0.2, -0.15) is 5.10 Å². The Morgan fingerprint density at radius 1 is 1.03 bits per heavy atom. The lowest BCUT2D eigenvalue weighted by atomic mass is 10.2. The lowest BCUT2D eigenvalue weighted by Crippen LogP contribution is -2.17. The molecule has 0 aliphatic rings. The molecule has 1 amide bonds. The van der Waals surface area contributed by atoms with Crippen molar-refractivity contribution in [3.05, 3.63) is 91.0 Å². The summed E-state index contributed by atoms with van der Waals surface area (Å²) in [6.07, 6.45) is 1.37. The van der Waals surface area contributed by atoms with Crippen molar-refractivity contribution >= 4 is 46.4 Å². The molecule has 0 bridgehead atoms. The summed E-state index contributed by atoms with van der Waals surface area (Å²) < 4.78 is 16.5. The molecule has 0 aliphatic carbocycles. The summed E-state index contributed by atoms with van der Waals surface area (Å²) in [7, 11) is 2.96. The van der Waals surface area contributed by atoms with Crippen molar-refractivity contribution in [1.29, 1.82) is 0 Å². The summed E-state index contributed by atoms with van der Waals surface area (Å²) in [6, 6.07) is 15.0. The maximum Gasteiger partial charge on any atom is 0.343 e. The Morgan fingerprint density at radius 2 is 1.76 bits per heavy atom. The number of nitro groups is 1. The van der Waals surface area contributed by atoms with E-state index in [2.05, 4.69) is 10.5 Å². The summed E-state index contributed by atoms with van der Waals surface area (Å²) in [4.78, 5) is 35.0. The van der Waals surface area contributed by atoms with Crippen LogP contribution in [0.3, 0.4) is 0 Å². The SMILES string of the molecule is COc1ccc(C(=O)Oc2c(I)cc(/C=N\NC(=O)c3cccc([N+](=O)[O-])c3)cc2OC)cc1. The van der Waals surface area contributed by atoms with Gasteiger partial charge in [0, 0.05) is 17.7 Å². The molecule has 3 aromatic rings. The Bertz CT molecular complexity index is 1260. The zero-order valence-corrected chi connectivity index (χ0v) is 20.1. The second-order valence-electron chi connectivity index (χ2n) is 6.66. The first kappa shape index (κ1) is 24.6. The standard InChI is InChI=1S/C23H18IN3O7/c1-32-18-8-6-15(7-9-18)23(29)34-21-19(24)10-14(11-20(21)33-2)13-25-26-22(28)16-4-3-5-17(12-16)27(30)31/h3-13H,1-2H3,(H,26,28)/b25-13-. The van der Waals surface area contributed by atoms with E-state index in [1.807, 2.05) is 22.6 Å². The Labute approximate surface area is 207 Å². The molecule has 3 aromatic carbocycles. The quantitative estimate of drug-likeness (QED) is 0.106. The second kappa shape index (κ2) is 11.2. The maximum absolute atomic E-state index is 12.5. The summed E-state index contributed by atoms with van der Waals surface area (Å²) in [5.74, 6) is -0.0250. The Kier molecular flexibility index (Phi) is 8.14. The van der Waals surface area contributed by atoms with Crippen LogP contribution in [0.2, 0.25) is 0 Å². The fraction of sp³-hybridized carbons (Fsp3) is 0.0870. The van der Waals surface area contributed by atoms with Crippen molar-refractivity contribution in [1.82, 2.24) is 5.43 Å². The Hall–Kier alpha value is -4.00. The van der Waals surface area contributed by atoms with E-state index in [9.17, 15) is 19.7 Å². The number of carbonyl (C=O) groups is 2. The average Bonchev–Trinajstić information content (AvgIpc) is 2.85. The minimum absolute atomic E-state index is 0.0966. The van der Waals surface area contributed by atoms with Gasteiger partial charge in [0.05, 0.1) is 34.5 Å². The van der Waals surface area contributed by atoms with Crippen LogP contribution >= 0.6 is 22.6 Å². The van der Waals surface area contributed by atoms with Crippen molar-refractivity contribution in [3.63, 3.8) is 0 Å². The summed E-state index contributed by atoms with van der Waals surface area (Å²) in [5, 5.41) is 14.8. The molecule has 11 heteroatoms. The molecule has 0 aliphatic heterocycles. The van der Waals surface area contributed by atoms with Crippen LogP contribution in [0.1, 0.15) is 26.3 Å². The van der Waals surface area contributed by atoms with Crippen molar-refractivity contribution in [2.45, 2.75) is 0 Å². The number of halogens is 1. The topological polar surface area (TPSA) is 129 Å². The minimum atomic E-state index is -0.605. The van der Waals surface area contributed by atoms with Crippen molar-refractivity contribution in [2.24, 2.45) is 5.10 Å². The van der Waals surface area contributed by atoms with E-state index >= 15 is 0 Å². The summed E-state index contributed by atoms with van der Waals surface area (Å²) in [6.45, 7) is 0. The summed E-state index contributed by atoms with van der Waals surface area (Å²) in [5.41, 5.74) is 3.12. The predicted octanol–water partition coefficient (Wildman–Crippen LogP) is 4.20. The van der Waals surface area contributed by atoms with Gasteiger partial charge in [-0.1, -0.05) is 6.07 Å². The molecule has 3 rings (SSSR count). The number of hydrogen-bond donors (Lipinski definition) is 1. The number of nitro benzene ring substituents is 1. The molecule has 0 heterocycles. The first-order valence-electron chi connectivity index (χ1n) is 9.64. The van der Waals surface area contributed by atoms with Crippen molar-refractivity contribution in [3.8, 4) is 17.2 Å². The van der Waals surface area contributed by atoms with Crippen LogP contribution in [-0.2, 0) is 0 Å². The number of non-ortho nitro benzene ring substituents is 1. The molecule has 34 heavy (non-hydrogen) atoms. The third kappa shape index (κ3) is 6.07. The van der Waals surface area contributed by atoms with Gasteiger partial charge in [-0.3, -0.25) is 14.9 Å². The van der Waals surface area contributed by atoms with E-state index in [0.717, 1.165) is 6.07 Å². The van der Waals surface area contributed by atoms with E-state index in [-0.39, 0.29) is 17.0 Å². The number of rotatable bonds is 8. The number of esters is 1. The number of nitrogens with one attached hydrogen (secondary N) is 1. The van der Waals surface area contributed by atoms with E-state index in [1.165, 1.54) is 38.6 Å². The third-order valence-electron chi connectivity index (χ3n) is 4.47. The van der Waals surface area contributed by atoms with Crippen LogP contribution in [0, 0.1) is 13.7 Å². The van der Waals surface area contributed by atoms with E-state index in [1.54, 1.807) is 36.4 Å². The molecule has 10 nitrogen and oxygen atoms in total. The van der Waals surface area contributed by atoms with Crippen molar-refractivity contribution < 1.29 is 28.7 Å². The van der Waals surface area contributed by atoms with Gasteiger partial charge in [-0.25, -0.2) is 10.2 Å². The predicted molar refractivity (Wildman–Crippen MR) is 132 cm³/mol. The lowest BCUT2D eigenvalue weighted by Gasteiger charge is -2.12. The van der Waals surface area contributed by atoms with Gasteiger partial charge in [-0.05, 0) is 70.6 Å². The van der Waals surface area contributed by atoms with E-state index in [0.29, 0.717) is 26.2 Å². The molecule has 0 spiro atoms. The average molecular weight is 575 g/mol. The van der Waals surface area contributed by atoms with Gasteiger partial charge in [0.1, 0.15) is 5.75 Å². The molecule has 174 valence electrons. The number of benzene rings is 3. The van der Waals surface area contributed by atoms with Gasteiger partial charge in [-0.15, -0.1) is 0 Å². The zero-order valence-electron chi connectivity index (χ0n) is 18.0. The Balaban J connectivity index is 1.73. The normalized spacial score (nSPS) is 10.6. The zero-order chi connectivity index (χ0) is 24.7. The highest BCUT2D eigenvalue weighted by molar-refractivity contribution is 14.1. The molecule has 1 N–H and O–H groups in total. The van der Waals surface area contributed by atoms with E-state index < -0.39 is 16.8 Å². The molecule has 0 unspecified atom stereocenters. The maximum atomic E-state index is 12.5. The first-order chi connectivity index (χ1) is 16.3. The number of methoxy groups -OCH3 is 2. The highest BCUT2D eigenvalue weighted by atomic mass is 127. The molecular weight excluding hydrogens is 557 g/mol. The van der Waals surface area contributed by atoms with Gasteiger partial charge >= 0.3 is 5.97 Å². The van der Waals surface area contributed by atoms with Gasteiger partial charge in [0.25, 0.3) is 11.6 Å². The molecule has 0 radical (unpaired) electrons. The van der Waals surface area contributed by atoms with Crippen LogP contribution < -0.4 is 19.6 Å². The highest BCUT2D eigenvalue weighted by Crippen LogP contribution is 2.34. The van der Waals surface area contributed by atoms with Gasteiger partial charge in [0.15, 0.2) is 11.5 Å². The molecule has 0 saturated carbocycles. The monoisotopic (exact) mass is 575 g/mol. The van der Waals surface area contributed by atoms with Gasteiger partial charge < -0.3 is 14.2 Å². The second-order valence-corrected chi connectivity index (χ2v) is 7.82. The fourth-order valence-electron chi connectivity index (χ4n) is 2.78. The van der Waals surface area contributed by atoms with Crippen LogP contribution in [0.25, 0.3) is 0 Å².